The number of amidine groups is 1. The highest BCUT2D eigenvalue weighted by Gasteiger charge is 2.36. The van der Waals surface area contributed by atoms with Crippen molar-refractivity contribution in [2.75, 3.05) is 19.0 Å². The minimum absolute atomic E-state index is 0.00953. The number of thioether (sulfide) groups is 1. The Hall–Kier alpha value is -4.44. The van der Waals surface area contributed by atoms with Gasteiger partial charge in [-0.3, -0.25) is 14.5 Å². The number of nitrogens with one attached hydrogen (secondary N) is 1. The van der Waals surface area contributed by atoms with Crippen LogP contribution >= 0.6 is 11.8 Å². The topological polar surface area (TPSA) is 114 Å². The maximum Gasteiger partial charge on any atom is 0.338 e. The summed E-state index contributed by atoms with van der Waals surface area (Å²) >= 11 is 1.19. The summed E-state index contributed by atoms with van der Waals surface area (Å²) in [5.74, 6) is -1.50. The summed E-state index contributed by atoms with van der Waals surface area (Å²) in [4.78, 5) is 56.3. The molecule has 9 nitrogen and oxygen atoms in total. The van der Waals surface area contributed by atoms with Crippen molar-refractivity contribution in [3.63, 3.8) is 0 Å². The molecule has 1 saturated heterocycles. The minimum Gasteiger partial charge on any atom is -0.465 e. The molecule has 0 aliphatic carbocycles. The van der Waals surface area contributed by atoms with E-state index in [1.165, 1.54) is 18.9 Å². The first-order chi connectivity index (χ1) is 18.9. The summed E-state index contributed by atoms with van der Waals surface area (Å²) in [6.07, 6.45) is -0.00953. The zero-order valence-electron chi connectivity index (χ0n) is 21.5. The third kappa shape index (κ3) is 7.11. The Bertz CT molecular complexity index is 1370. The number of esters is 2. The zero-order valence-corrected chi connectivity index (χ0v) is 22.3. The second-order valence-electron chi connectivity index (χ2n) is 8.50. The van der Waals surface area contributed by atoms with E-state index in [1.807, 2.05) is 30.3 Å². The standard InChI is InChI=1S/C29H27N3O6S/c1-3-38-28(36)21-11-15-23(16-12-21)31-29-32(18-19-7-5-4-6-8-19)25(33)17-24(39-29)26(34)30-22-13-9-20(10-14-22)27(35)37-2/h4-16,24H,3,17-18H2,1-2H3,(H,30,34). The van der Waals surface area contributed by atoms with Crippen molar-refractivity contribution in [2.24, 2.45) is 4.99 Å². The smallest absolute Gasteiger partial charge is 0.338 e. The first-order valence-corrected chi connectivity index (χ1v) is 13.1. The average molecular weight is 546 g/mol. The van der Waals surface area contributed by atoms with E-state index in [1.54, 1.807) is 60.4 Å². The maximum atomic E-state index is 13.3. The summed E-state index contributed by atoms with van der Waals surface area (Å²) in [5.41, 5.74) is 2.68. The van der Waals surface area contributed by atoms with Crippen molar-refractivity contribution in [1.82, 2.24) is 4.90 Å². The number of carbonyl (C=O) groups is 4. The first kappa shape index (κ1) is 27.6. The Labute approximate surface area is 230 Å². The molecule has 1 atom stereocenters. The van der Waals surface area contributed by atoms with Crippen LogP contribution in [0.1, 0.15) is 39.6 Å². The van der Waals surface area contributed by atoms with Crippen LogP contribution in [0.4, 0.5) is 11.4 Å². The van der Waals surface area contributed by atoms with Gasteiger partial charge in [-0.25, -0.2) is 14.6 Å². The molecule has 1 aliphatic heterocycles. The van der Waals surface area contributed by atoms with Gasteiger partial charge in [-0.15, -0.1) is 0 Å². The van der Waals surface area contributed by atoms with Crippen LogP contribution in [-0.2, 0) is 25.6 Å². The van der Waals surface area contributed by atoms with Crippen LogP contribution in [0, 0.1) is 0 Å². The molecule has 0 saturated carbocycles. The first-order valence-electron chi connectivity index (χ1n) is 12.2. The third-order valence-electron chi connectivity index (χ3n) is 5.79. The Morgan fingerprint density at radius 3 is 2.23 bits per heavy atom. The molecule has 4 rings (SSSR count). The molecule has 3 aromatic carbocycles. The summed E-state index contributed by atoms with van der Waals surface area (Å²) in [7, 11) is 1.30. The number of rotatable bonds is 8. The predicted octanol–water partition coefficient (Wildman–Crippen LogP) is 4.81. The molecule has 0 radical (unpaired) electrons. The second kappa shape index (κ2) is 12.9. The van der Waals surface area contributed by atoms with Gasteiger partial charge < -0.3 is 14.8 Å². The molecule has 1 fully saturated rings. The van der Waals surface area contributed by atoms with Crippen LogP contribution in [-0.4, -0.2) is 52.8 Å². The van der Waals surface area contributed by atoms with Crippen molar-refractivity contribution in [3.8, 4) is 0 Å². The number of aliphatic imine (C=N–C) groups is 1. The zero-order chi connectivity index (χ0) is 27.8. The van der Waals surface area contributed by atoms with Gasteiger partial charge in [0.2, 0.25) is 11.8 Å². The Morgan fingerprint density at radius 1 is 0.949 bits per heavy atom. The molecule has 1 heterocycles. The van der Waals surface area contributed by atoms with Crippen molar-refractivity contribution >= 4 is 52.1 Å². The highest BCUT2D eigenvalue weighted by atomic mass is 32.2. The maximum absolute atomic E-state index is 13.3. The predicted molar refractivity (Wildman–Crippen MR) is 149 cm³/mol. The Kier molecular flexibility index (Phi) is 9.11. The van der Waals surface area contributed by atoms with Crippen LogP contribution in [0.15, 0.2) is 83.9 Å². The molecular formula is C29H27N3O6S. The minimum atomic E-state index is -0.720. The van der Waals surface area contributed by atoms with Crippen LogP contribution in [0.2, 0.25) is 0 Å². The van der Waals surface area contributed by atoms with Crippen LogP contribution in [0.5, 0.6) is 0 Å². The van der Waals surface area contributed by atoms with E-state index in [2.05, 4.69) is 10.3 Å². The highest BCUT2D eigenvalue weighted by molar-refractivity contribution is 8.15. The number of methoxy groups -OCH3 is 1. The Morgan fingerprint density at radius 2 is 1.59 bits per heavy atom. The van der Waals surface area contributed by atoms with E-state index in [9.17, 15) is 19.2 Å². The number of benzene rings is 3. The fourth-order valence-electron chi connectivity index (χ4n) is 3.79. The fraction of sp³-hybridized carbons (Fsp3) is 0.207. The van der Waals surface area contributed by atoms with Crippen LogP contribution in [0.25, 0.3) is 0 Å². The molecule has 0 aromatic heterocycles. The number of anilines is 1. The van der Waals surface area contributed by atoms with Crippen LogP contribution in [0.3, 0.4) is 0 Å². The normalized spacial score (nSPS) is 16.1. The molecule has 0 spiro atoms. The van der Waals surface area contributed by atoms with E-state index >= 15 is 0 Å². The lowest BCUT2D eigenvalue weighted by atomic mass is 10.2. The molecule has 200 valence electrons. The van der Waals surface area contributed by atoms with Gasteiger partial charge in [0.15, 0.2) is 5.17 Å². The molecular weight excluding hydrogens is 518 g/mol. The lowest BCUT2D eigenvalue weighted by Gasteiger charge is -2.32. The molecule has 1 aliphatic rings. The quantitative estimate of drug-likeness (QED) is 0.404. The van der Waals surface area contributed by atoms with Gasteiger partial charge in [0, 0.05) is 12.1 Å². The van der Waals surface area contributed by atoms with Gasteiger partial charge in [-0.1, -0.05) is 42.1 Å². The number of ether oxygens (including phenoxy) is 2. The van der Waals surface area contributed by atoms with Gasteiger partial charge in [0.05, 0.1) is 37.1 Å². The van der Waals surface area contributed by atoms with Gasteiger partial charge in [-0.2, -0.15) is 0 Å². The van der Waals surface area contributed by atoms with E-state index in [0.29, 0.717) is 34.2 Å². The van der Waals surface area contributed by atoms with Gasteiger partial charge in [0.1, 0.15) is 5.25 Å². The van der Waals surface area contributed by atoms with Crippen molar-refractivity contribution in [1.29, 1.82) is 0 Å². The highest BCUT2D eigenvalue weighted by Crippen LogP contribution is 2.31. The molecule has 3 aromatic rings. The van der Waals surface area contributed by atoms with Crippen molar-refractivity contribution in [2.45, 2.75) is 25.1 Å². The number of carbonyl (C=O) groups excluding carboxylic acids is 4. The number of hydrogen-bond donors (Lipinski definition) is 1. The Balaban J connectivity index is 1.56. The molecule has 0 bridgehead atoms. The monoisotopic (exact) mass is 545 g/mol. The molecule has 1 N–H and O–H groups in total. The number of amides is 2. The van der Waals surface area contributed by atoms with Gasteiger partial charge in [0.25, 0.3) is 0 Å². The summed E-state index contributed by atoms with van der Waals surface area (Å²) in [6.45, 7) is 2.31. The van der Waals surface area contributed by atoms with Crippen LogP contribution < -0.4 is 5.32 Å². The SMILES string of the molecule is CCOC(=O)c1ccc(N=C2SC(C(=O)Nc3ccc(C(=O)OC)cc3)CC(=O)N2Cc2ccccc2)cc1. The van der Waals surface area contributed by atoms with Gasteiger partial charge in [-0.05, 0) is 61.0 Å². The summed E-state index contributed by atoms with van der Waals surface area (Å²) < 4.78 is 9.73. The lowest BCUT2D eigenvalue weighted by molar-refractivity contribution is -0.129. The van der Waals surface area contributed by atoms with E-state index in [4.69, 9.17) is 9.47 Å². The largest absolute Gasteiger partial charge is 0.465 e. The summed E-state index contributed by atoms with van der Waals surface area (Å²) in [5, 5.41) is 2.46. The van der Waals surface area contributed by atoms with Crippen molar-refractivity contribution < 1.29 is 28.7 Å². The number of hydrogen-bond acceptors (Lipinski definition) is 8. The molecule has 39 heavy (non-hydrogen) atoms. The molecule has 2 amide bonds. The lowest BCUT2D eigenvalue weighted by Crippen LogP contribution is -2.44. The average Bonchev–Trinajstić information content (AvgIpc) is 2.95. The summed E-state index contributed by atoms with van der Waals surface area (Å²) in [6, 6.07) is 22.4. The van der Waals surface area contributed by atoms with E-state index in [0.717, 1.165) is 5.56 Å². The fourth-order valence-corrected chi connectivity index (χ4v) is 4.89. The van der Waals surface area contributed by atoms with E-state index in [-0.39, 0.29) is 24.8 Å². The second-order valence-corrected chi connectivity index (χ2v) is 9.67. The van der Waals surface area contributed by atoms with Gasteiger partial charge >= 0.3 is 11.9 Å². The van der Waals surface area contributed by atoms with E-state index < -0.39 is 17.2 Å². The number of nitrogens with zero attached hydrogens (tertiary/aromatic N) is 2. The molecule has 10 heteroatoms. The van der Waals surface area contributed by atoms with Crippen molar-refractivity contribution in [3.05, 3.63) is 95.6 Å². The third-order valence-corrected chi connectivity index (χ3v) is 6.98. The molecule has 1 unspecified atom stereocenters.